The number of pyridine rings is 1. The Morgan fingerprint density at radius 1 is 0.947 bits per heavy atom. The smallest absolute Gasteiger partial charge is 0.335 e. The molecule has 8 nitrogen and oxygen atoms in total. The predicted octanol–water partition coefficient (Wildman–Crippen LogP) is 6.68. The number of rotatable bonds is 5. The molecule has 198 valence electrons. The first-order valence-corrected chi connectivity index (χ1v) is 12.9. The highest BCUT2D eigenvalue weighted by Crippen LogP contribution is 2.26. The van der Waals surface area contributed by atoms with Crippen molar-refractivity contribution in [3.05, 3.63) is 90.6 Å². The summed E-state index contributed by atoms with van der Waals surface area (Å²) >= 11 is 0. The van der Waals surface area contributed by atoms with Crippen molar-refractivity contribution in [2.24, 2.45) is 0 Å². The van der Waals surface area contributed by atoms with E-state index in [2.05, 4.69) is 22.0 Å². The number of allylic oxidation sites excluding steroid dienone is 1. The van der Waals surface area contributed by atoms with Gasteiger partial charge in [-0.2, -0.15) is 4.98 Å². The fourth-order valence-electron chi connectivity index (χ4n) is 4.08. The lowest BCUT2D eigenvalue weighted by Gasteiger charge is -2.26. The summed E-state index contributed by atoms with van der Waals surface area (Å²) in [6.07, 6.45) is 6.89. The van der Waals surface area contributed by atoms with Gasteiger partial charge >= 0.3 is 5.97 Å². The average Bonchev–Trinajstić information content (AvgIpc) is 3.37. The number of fused-ring (bicyclic) bond motifs is 1. The number of benzene rings is 2. The average molecular weight is 514 g/mol. The fraction of sp³-hybridized carbons (Fsp3) is 0.267. The molecule has 2 aromatic heterocycles. The van der Waals surface area contributed by atoms with E-state index in [1.807, 2.05) is 68.3 Å². The molecule has 0 aliphatic carbocycles. The topological polar surface area (TPSA) is 99.8 Å². The molecular weight excluding hydrogens is 478 g/mol. The van der Waals surface area contributed by atoms with Gasteiger partial charge in [0, 0.05) is 36.1 Å². The molecule has 0 unspecified atom stereocenters. The summed E-state index contributed by atoms with van der Waals surface area (Å²) in [6, 6.07) is 17.9. The monoisotopic (exact) mass is 513 g/mol. The van der Waals surface area contributed by atoms with Gasteiger partial charge in [0.15, 0.2) is 5.65 Å². The maximum absolute atomic E-state index is 12.8. The van der Waals surface area contributed by atoms with E-state index in [4.69, 9.17) is 5.11 Å². The molecule has 4 aromatic rings. The summed E-state index contributed by atoms with van der Waals surface area (Å²) in [4.78, 5) is 30.3. The number of piperidine rings is 1. The number of carbonyl (C=O) groups excluding carboxylic acids is 1. The van der Waals surface area contributed by atoms with Gasteiger partial charge in [0.2, 0.25) is 5.95 Å². The summed E-state index contributed by atoms with van der Waals surface area (Å²) in [6.45, 7) is 10.9. The Labute approximate surface area is 223 Å². The summed E-state index contributed by atoms with van der Waals surface area (Å²) in [5, 5.41) is 16.6. The van der Waals surface area contributed by atoms with Crippen LogP contribution in [0, 0.1) is 0 Å². The van der Waals surface area contributed by atoms with Crippen LogP contribution in [0.2, 0.25) is 0 Å². The number of carboxylic acid groups (broad SMARTS) is 1. The van der Waals surface area contributed by atoms with Crippen LogP contribution in [0.4, 0.5) is 11.6 Å². The minimum Gasteiger partial charge on any atom is -0.478 e. The number of carboxylic acids is 1. The first-order valence-electron chi connectivity index (χ1n) is 12.9. The molecule has 1 amide bonds. The second-order valence-electron chi connectivity index (χ2n) is 8.47. The Balaban J connectivity index is 0.000000748. The van der Waals surface area contributed by atoms with Gasteiger partial charge in [-0.1, -0.05) is 32.1 Å². The van der Waals surface area contributed by atoms with E-state index >= 15 is 0 Å². The van der Waals surface area contributed by atoms with E-state index in [0.29, 0.717) is 22.8 Å². The fourth-order valence-corrected chi connectivity index (χ4v) is 4.08. The van der Waals surface area contributed by atoms with E-state index in [9.17, 15) is 9.59 Å². The molecule has 0 radical (unpaired) electrons. The van der Waals surface area contributed by atoms with Gasteiger partial charge in [0.05, 0.1) is 5.56 Å². The van der Waals surface area contributed by atoms with Crippen molar-refractivity contribution in [2.45, 2.75) is 40.0 Å². The van der Waals surface area contributed by atoms with Gasteiger partial charge in [-0.3, -0.25) is 4.79 Å². The van der Waals surface area contributed by atoms with E-state index in [-0.39, 0.29) is 11.5 Å². The summed E-state index contributed by atoms with van der Waals surface area (Å²) < 4.78 is 1.69. The van der Waals surface area contributed by atoms with Crippen molar-refractivity contribution in [1.29, 1.82) is 0 Å². The number of likely N-dealkylation sites (tertiary alicyclic amines) is 1. The highest BCUT2D eigenvalue weighted by Gasteiger charge is 2.18. The van der Waals surface area contributed by atoms with E-state index < -0.39 is 5.97 Å². The van der Waals surface area contributed by atoms with Crippen LogP contribution in [0.15, 0.2) is 79.5 Å². The van der Waals surface area contributed by atoms with Crippen LogP contribution in [0.5, 0.6) is 0 Å². The second kappa shape index (κ2) is 13.7. The third-order valence-corrected chi connectivity index (χ3v) is 5.84. The molecule has 0 bridgehead atoms. The van der Waals surface area contributed by atoms with Crippen LogP contribution >= 0.6 is 0 Å². The largest absolute Gasteiger partial charge is 0.478 e. The van der Waals surface area contributed by atoms with Gasteiger partial charge in [0.25, 0.3) is 5.91 Å². The molecule has 8 heteroatoms. The lowest BCUT2D eigenvalue weighted by atomic mass is 10.0. The number of anilines is 2. The number of aromatic carboxylic acids is 1. The Hall–Kier alpha value is -4.46. The van der Waals surface area contributed by atoms with Crippen molar-refractivity contribution < 1.29 is 14.7 Å². The number of aromatic nitrogens is 3. The van der Waals surface area contributed by atoms with Crippen LogP contribution in [0.25, 0.3) is 16.8 Å². The Morgan fingerprint density at radius 2 is 1.55 bits per heavy atom. The Kier molecular flexibility index (Phi) is 10.2. The predicted molar refractivity (Wildman–Crippen MR) is 152 cm³/mol. The lowest BCUT2D eigenvalue weighted by molar-refractivity contribution is 0.0694. The molecule has 0 atom stereocenters. The first-order chi connectivity index (χ1) is 18.5. The Bertz CT molecular complexity index is 1360. The maximum Gasteiger partial charge on any atom is 0.335 e. The molecule has 38 heavy (non-hydrogen) atoms. The van der Waals surface area contributed by atoms with Crippen LogP contribution in [0.1, 0.15) is 60.7 Å². The molecule has 1 fully saturated rings. The van der Waals surface area contributed by atoms with Crippen LogP contribution in [-0.4, -0.2) is 49.6 Å². The molecule has 1 aliphatic heterocycles. The highest BCUT2D eigenvalue weighted by molar-refractivity contribution is 5.95. The highest BCUT2D eigenvalue weighted by atomic mass is 16.4. The number of amides is 1. The lowest BCUT2D eigenvalue weighted by Crippen LogP contribution is -2.35. The molecule has 1 aliphatic rings. The van der Waals surface area contributed by atoms with Gasteiger partial charge in [-0.15, -0.1) is 11.7 Å². The third-order valence-electron chi connectivity index (χ3n) is 5.84. The standard InChI is InChI=1S/C25H23N5O3.C3H6.C2H6/c31-23(29-14-2-1-3-15-29)18-8-6-17(7-9-18)21-5-4-16-30-22(21)27-25(28-30)26-20-12-10-19(11-13-20)24(32)33;1-3-2;1-2/h4-13,16H,1-3,14-15H2,(H,26,28)(H,32,33);3H,1H2,2H3;1-2H3. The zero-order valence-electron chi connectivity index (χ0n) is 22.2. The van der Waals surface area contributed by atoms with Crippen LogP contribution < -0.4 is 5.32 Å². The zero-order chi connectivity index (χ0) is 27.5. The quantitative estimate of drug-likeness (QED) is 0.289. The van der Waals surface area contributed by atoms with Gasteiger partial charge in [-0.25, -0.2) is 9.31 Å². The summed E-state index contributed by atoms with van der Waals surface area (Å²) in [5.74, 6) is -0.481. The molecule has 2 N–H and O–H groups in total. The number of hydrogen-bond acceptors (Lipinski definition) is 5. The van der Waals surface area contributed by atoms with Crippen molar-refractivity contribution in [3.63, 3.8) is 0 Å². The van der Waals surface area contributed by atoms with Crippen LogP contribution in [-0.2, 0) is 0 Å². The number of hydrogen-bond donors (Lipinski definition) is 2. The molecule has 0 spiro atoms. The van der Waals surface area contributed by atoms with E-state index in [1.165, 1.54) is 18.6 Å². The van der Waals surface area contributed by atoms with Gasteiger partial charge < -0.3 is 15.3 Å². The first kappa shape index (κ1) is 28.1. The summed E-state index contributed by atoms with van der Waals surface area (Å²) in [5.41, 5.74) is 4.13. The van der Waals surface area contributed by atoms with Crippen molar-refractivity contribution in [2.75, 3.05) is 18.4 Å². The van der Waals surface area contributed by atoms with E-state index in [0.717, 1.165) is 37.1 Å². The van der Waals surface area contributed by atoms with Crippen molar-refractivity contribution in [1.82, 2.24) is 19.5 Å². The molecule has 2 aromatic carbocycles. The van der Waals surface area contributed by atoms with Crippen molar-refractivity contribution in [3.8, 4) is 11.1 Å². The van der Waals surface area contributed by atoms with Gasteiger partial charge in [0.1, 0.15) is 0 Å². The normalized spacial score (nSPS) is 12.4. The number of nitrogens with zero attached hydrogens (tertiary/aromatic N) is 4. The zero-order valence-corrected chi connectivity index (χ0v) is 22.2. The maximum atomic E-state index is 12.8. The minimum absolute atomic E-state index is 0.0855. The number of carbonyl (C=O) groups is 2. The summed E-state index contributed by atoms with van der Waals surface area (Å²) in [7, 11) is 0. The SMILES string of the molecule is C=CC.CC.O=C(O)c1ccc(Nc2nc3c(-c4ccc(C(=O)N5CCCCC5)cc4)cccn3n2)cc1. The molecule has 1 saturated heterocycles. The van der Waals surface area contributed by atoms with Gasteiger partial charge in [-0.05, 0) is 80.3 Å². The molecular formula is C30H35N5O3. The molecule has 0 saturated carbocycles. The van der Waals surface area contributed by atoms with Crippen molar-refractivity contribution >= 4 is 29.2 Å². The van der Waals surface area contributed by atoms with E-state index in [1.54, 1.807) is 22.7 Å². The number of nitrogens with one attached hydrogen (secondary N) is 1. The Morgan fingerprint density at radius 3 is 2.16 bits per heavy atom. The second-order valence-corrected chi connectivity index (χ2v) is 8.47. The molecule has 3 heterocycles. The van der Waals surface area contributed by atoms with Crippen LogP contribution in [0.3, 0.4) is 0 Å². The third kappa shape index (κ3) is 6.85. The minimum atomic E-state index is -0.972. The molecule has 5 rings (SSSR count).